The summed E-state index contributed by atoms with van der Waals surface area (Å²) >= 11 is 0. The van der Waals surface area contributed by atoms with E-state index in [2.05, 4.69) is 65.4 Å². The molecule has 0 aliphatic heterocycles. The molecular formula is C29H66N2O4Si2. The van der Waals surface area contributed by atoms with Crippen molar-refractivity contribution in [1.29, 1.82) is 0 Å². The van der Waals surface area contributed by atoms with Crippen LogP contribution in [0, 0.1) is 0 Å². The standard InChI is InChI=1S/C29H66N2O4Si2/c1-9-16-28(36(32-24-11-3)33-25-12-4)18-22-30(7)20-15-21-31(8)23-19-29(17-10-2)37(34-26-13-5)35-27-14-6/h28-29,36-37H,9-27H2,1-8H3. The summed E-state index contributed by atoms with van der Waals surface area (Å²) in [6.07, 6.45) is 12.8. The summed E-state index contributed by atoms with van der Waals surface area (Å²) in [7, 11) is 1.35. The van der Waals surface area contributed by atoms with Crippen molar-refractivity contribution in [2.45, 2.75) is 123 Å². The monoisotopic (exact) mass is 562 g/mol. The van der Waals surface area contributed by atoms with Gasteiger partial charge in [-0.2, -0.15) is 0 Å². The van der Waals surface area contributed by atoms with Crippen LogP contribution in [0.4, 0.5) is 0 Å². The van der Waals surface area contributed by atoms with E-state index in [0.29, 0.717) is 11.1 Å². The Bertz CT molecular complexity index is 423. The summed E-state index contributed by atoms with van der Waals surface area (Å²) in [5.74, 6) is 0. The Morgan fingerprint density at radius 3 is 1.05 bits per heavy atom. The molecule has 224 valence electrons. The van der Waals surface area contributed by atoms with Crippen LogP contribution in [0.1, 0.15) is 112 Å². The third-order valence-corrected chi connectivity index (χ3v) is 12.0. The molecule has 0 bridgehead atoms. The number of nitrogens with zero attached hydrogens (tertiary/aromatic N) is 2. The minimum Gasteiger partial charge on any atom is -0.396 e. The third-order valence-electron chi connectivity index (χ3n) is 6.88. The average Bonchev–Trinajstić information content (AvgIpc) is 2.89. The third kappa shape index (κ3) is 19.8. The van der Waals surface area contributed by atoms with Crippen LogP contribution < -0.4 is 0 Å². The van der Waals surface area contributed by atoms with Gasteiger partial charge in [-0.25, -0.2) is 0 Å². The fraction of sp³-hybridized carbons (Fsp3) is 1.00. The van der Waals surface area contributed by atoms with Gasteiger partial charge in [-0.05, 0) is 98.1 Å². The second kappa shape index (κ2) is 26.4. The lowest BCUT2D eigenvalue weighted by atomic mass is 10.2. The van der Waals surface area contributed by atoms with Crippen LogP contribution in [0.15, 0.2) is 0 Å². The summed E-state index contributed by atoms with van der Waals surface area (Å²) < 4.78 is 25.0. The van der Waals surface area contributed by atoms with Gasteiger partial charge in [-0.1, -0.05) is 54.4 Å². The van der Waals surface area contributed by atoms with E-state index in [1.165, 1.54) is 44.9 Å². The van der Waals surface area contributed by atoms with Crippen LogP contribution in [0.3, 0.4) is 0 Å². The summed E-state index contributed by atoms with van der Waals surface area (Å²) in [6.45, 7) is 21.3. The average molecular weight is 563 g/mol. The molecule has 0 aliphatic carbocycles. The highest BCUT2D eigenvalue weighted by Gasteiger charge is 2.27. The first kappa shape index (κ1) is 37.2. The van der Waals surface area contributed by atoms with Crippen LogP contribution in [-0.4, -0.2) is 95.1 Å². The van der Waals surface area contributed by atoms with Gasteiger partial charge in [0.2, 0.25) is 0 Å². The summed E-state index contributed by atoms with van der Waals surface area (Å²) in [5, 5.41) is 0. The van der Waals surface area contributed by atoms with Crippen molar-refractivity contribution in [2.75, 3.05) is 66.7 Å². The van der Waals surface area contributed by atoms with Gasteiger partial charge in [0.1, 0.15) is 0 Å². The highest BCUT2D eigenvalue weighted by atomic mass is 28.3. The van der Waals surface area contributed by atoms with Crippen molar-refractivity contribution in [3.63, 3.8) is 0 Å². The van der Waals surface area contributed by atoms with Crippen LogP contribution in [0.2, 0.25) is 11.1 Å². The molecule has 0 saturated carbocycles. The molecule has 37 heavy (non-hydrogen) atoms. The SMILES string of the molecule is CCCO[SiH](OCCC)C(CCC)CCN(C)CCCN(C)CCC(CCC)[SiH](OCCC)OCCC. The lowest BCUT2D eigenvalue weighted by Crippen LogP contribution is -2.34. The molecule has 0 aromatic heterocycles. The lowest BCUT2D eigenvalue weighted by molar-refractivity contribution is 0.180. The topological polar surface area (TPSA) is 43.4 Å². The largest absolute Gasteiger partial charge is 0.396 e. The Morgan fingerprint density at radius 2 is 0.784 bits per heavy atom. The molecule has 0 rings (SSSR count). The Morgan fingerprint density at radius 1 is 0.459 bits per heavy atom. The van der Waals surface area contributed by atoms with Crippen molar-refractivity contribution in [1.82, 2.24) is 9.80 Å². The maximum Gasteiger partial charge on any atom is 0.324 e. The Balaban J connectivity index is 4.53. The van der Waals surface area contributed by atoms with Crippen molar-refractivity contribution in [3.8, 4) is 0 Å². The van der Waals surface area contributed by atoms with E-state index >= 15 is 0 Å². The van der Waals surface area contributed by atoms with Gasteiger partial charge in [0.15, 0.2) is 0 Å². The molecule has 0 spiro atoms. The fourth-order valence-corrected chi connectivity index (χ4v) is 9.96. The normalized spacial score (nSPS) is 13.9. The van der Waals surface area contributed by atoms with Gasteiger partial charge in [0.05, 0.1) is 0 Å². The molecule has 0 aliphatic rings. The fourth-order valence-electron chi connectivity index (χ4n) is 4.76. The van der Waals surface area contributed by atoms with E-state index in [0.717, 1.165) is 78.3 Å². The predicted octanol–water partition coefficient (Wildman–Crippen LogP) is 6.51. The maximum atomic E-state index is 6.25. The zero-order chi connectivity index (χ0) is 27.7. The Hall–Kier alpha value is 0.194. The zero-order valence-corrected chi connectivity index (χ0v) is 28.6. The molecule has 2 unspecified atom stereocenters. The van der Waals surface area contributed by atoms with E-state index in [1.54, 1.807) is 0 Å². The second-order valence-electron chi connectivity index (χ2n) is 10.9. The molecule has 0 aromatic rings. The molecular weight excluding hydrogens is 497 g/mol. The predicted molar refractivity (Wildman–Crippen MR) is 165 cm³/mol. The summed E-state index contributed by atoms with van der Waals surface area (Å²) in [6, 6.07) is 0. The van der Waals surface area contributed by atoms with Gasteiger partial charge < -0.3 is 27.5 Å². The van der Waals surface area contributed by atoms with E-state index < -0.39 is 18.6 Å². The first-order chi connectivity index (χ1) is 18.0. The van der Waals surface area contributed by atoms with Crippen LogP contribution in [0.5, 0.6) is 0 Å². The quantitative estimate of drug-likeness (QED) is 0.101. The molecule has 0 saturated heterocycles. The number of rotatable bonds is 28. The van der Waals surface area contributed by atoms with E-state index in [4.69, 9.17) is 17.7 Å². The minimum absolute atomic E-state index is 0.616. The maximum absolute atomic E-state index is 6.25. The van der Waals surface area contributed by atoms with Crippen molar-refractivity contribution < 1.29 is 17.7 Å². The van der Waals surface area contributed by atoms with Crippen molar-refractivity contribution in [3.05, 3.63) is 0 Å². The molecule has 2 atom stereocenters. The first-order valence-electron chi connectivity index (χ1n) is 15.8. The summed E-state index contributed by atoms with van der Waals surface area (Å²) in [4.78, 5) is 5.03. The smallest absolute Gasteiger partial charge is 0.324 e. The summed E-state index contributed by atoms with van der Waals surface area (Å²) in [5.41, 5.74) is 1.23. The van der Waals surface area contributed by atoms with Crippen LogP contribution in [-0.2, 0) is 17.7 Å². The molecule has 0 fully saturated rings. The van der Waals surface area contributed by atoms with Gasteiger partial charge in [-0.15, -0.1) is 0 Å². The second-order valence-corrected chi connectivity index (χ2v) is 15.5. The lowest BCUT2D eigenvalue weighted by Gasteiger charge is -2.28. The molecule has 6 nitrogen and oxygen atoms in total. The molecule has 0 N–H and O–H groups in total. The van der Waals surface area contributed by atoms with Crippen LogP contribution in [0.25, 0.3) is 0 Å². The number of hydrogen-bond acceptors (Lipinski definition) is 6. The van der Waals surface area contributed by atoms with Crippen molar-refractivity contribution >= 4 is 18.6 Å². The van der Waals surface area contributed by atoms with Gasteiger partial charge in [-0.3, -0.25) is 0 Å². The van der Waals surface area contributed by atoms with Gasteiger partial charge >= 0.3 is 18.6 Å². The first-order valence-corrected chi connectivity index (χ1v) is 19.0. The highest BCUT2D eigenvalue weighted by Crippen LogP contribution is 2.25. The van der Waals surface area contributed by atoms with Crippen molar-refractivity contribution in [2.24, 2.45) is 0 Å². The van der Waals surface area contributed by atoms with Gasteiger partial charge in [0, 0.05) is 37.5 Å². The van der Waals surface area contributed by atoms with Gasteiger partial charge in [0.25, 0.3) is 0 Å². The molecule has 0 heterocycles. The molecule has 0 aromatic carbocycles. The zero-order valence-electron chi connectivity index (χ0n) is 26.3. The Kier molecular flexibility index (Phi) is 26.6. The van der Waals surface area contributed by atoms with Crippen LogP contribution >= 0.6 is 0 Å². The Labute approximate surface area is 235 Å². The highest BCUT2D eigenvalue weighted by molar-refractivity contribution is 6.46. The minimum atomic E-state index is -1.61. The molecule has 0 radical (unpaired) electrons. The van der Waals surface area contributed by atoms with E-state index in [-0.39, 0.29) is 0 Å². The van der Waals surface area contributed by atoms with E-state index in [9.17, 15) is 0 Å². The van der Waals surface area contributed by atoms with E-state index in [1.807, 2.05) is 0 Å². The molecule has 0 amide bonds. The molecule has 8 heteroatoms. The number of hydrogen-bond donors (Lipinski definition) is 0.